The molecule has 0 saturated heterocycles. The fraction of sp³-hybridized carbons (Fsp3) is 0.133. The van der Waals surface area contributed by atoms with Crippen molar-refractivity contribution in [1.82, 2.24) is 19.3 Å². The molecule has 1 aromatic carbocycles. The van der Waals surface area contributed by atoms with Gasteiger partial charge in [0.1, 0.15) is 4.70 Å². The highest BCUT2D eigenvalue weighted by molar-refractivity contribution is 7.17. The van der Waals surface area contributed by atoms with Crippen LogP contribution in [0.25, 0.3) is 21.1 Å². The van der Waals surface area contributed by atoms with Gasteiger partial charge in [0.2, 0.25) is 0 Å². The van der Waals surface area contributed by atoms with E-state index in [0.29, 0.717) is 11.2 Å². The van der Waals surface area contributed by atoms with Crippen LogP contribution in [0, 0.1) is 0 Å². The Morgan fingerprint density at radius 2 is 2.10 bits per heavy atom. The molecular formula is C15H12N4OS. The molecule has 3 aromatic heterocycles. The summed E-state index contributed by atoms with van der Waals surface area (Å²) >= 11 is 1.43. The van der Waals surface area contributed by atoms with Gasteiger partial charge in [-0.1, -0.05) is 18.2 Å². The summed E-state index contributed by atoms with van der Waals surface area (Å²) in [6, 6.07) is 9.88. The maximum Gasteiger partial charge on any atom is 0.271 e. The number of thiophene rings is 1. The predicted octanol–water partition coefficient (Wildman–Crippen LogP) is 2.39. The fourth-order valence-corrected chi connectivity index (χ4v) is 3.35. The molecule has 0 saturated carbocycles. The molecule has 5 nitrogen and oxygen atoms in total. The molecule has 21 heavy (non-hydrogen) atoms. The van der Waals surface area contributed by atoms with Gasteiger partial charge in [-0.25, -0.2) is 4.98 Å². The van der Waals surface area contributed by atoms with Crippen LogP contribution in [0.15, 0.2) is 46.8 Å². The molecule has 0 aliphatic carbocycles. The summed E-state index contributed by atoms with van der Waals surface area (Å²) in [5.41, 5.74) is 2.69. The Hall–Kier alpha value is -2.47. The van der Waals surface area contributed by atoms with Gasteiger partial charge in [0.25, 0.3) is 5.56 Å². The minimum atomic E-state index is -0.00951. The maximum absolute atomic E-state index is 12.4. The lowest BCUT2D eigenvalue weighted by molar-refractivity contribution is 0.697. The van der Waals surface area contributed by atoms with Gasteiger partial charge in [0.15, 0.2) is 0 Å². The van der Waals surface area contributed by atoms with E-state index in [4.69, 9.17) is 0 Å². The van der Waals surface area contributed by atoms with Crippen LogP contribution in [-0.4, -0.2) is 19.3 Å². The van der Waals surface area contributed by atoms with Crippen molar-refractivity contribution in [2.75, 3.05) is 0 Å². The highest BCUT2D eigenvalue weighted by Gasteiger charge is 2.11. The molecule has 4 rings (SSSR count). The molecular weight excluding hydrogens is 284 g/mol. The average molecular weight is 296 g/mol. The quantitative estimate of drug-likeness (QED) is 0.571. The first-order valence-electron chi connectivity index (χ1n) is 6.57. The van der Waals surface area contributed by atoms with Crippen molar-refractivity contribution in [3.05, 3.63) is 58.1 Å². The highest BCUT2D eigenvalue weighted by atomic mass is 32.1. The minimum Gasteiger partial charge on any atom is -0.292 e. The third-order valence-corrected chi connectivity index (χ3v) is 4.48. The van der Waals surface area contributed by atoms with Crippen molar-refractivity contribution in [3.63, 3.8) is 0 Å². The van der Waals surface area contributed by atoms with Crippen molar-refractivity contribution < 1.29 is 0 Å². The second-order valence-electron chi connectivity index (χ2n) is 4.90. The molecule has 0 amide bonds. The van der Waals surface area contributed by atoms with Crippen LogP contribution >= 0.6 is 11.3 Å². The smallest absolute Gasteiger partial charge is 0.271 e. The lowest BCUT2D eigenvalue weighted by atomic mass is 10.2. The zero-order valence-electron chi connectivity index (χ0n) is 11.4. The summed E-state index contributed by atoms with van der Waals surface area (Å²) in [7, 11) is 1.91. The highest BCUT2D eigenvalue weighted by Crippen LogP contribution is 2.18. The Morgan fingerprint density at radius 3 is 3.00 bits per heavy atom. The monoisotopic (exact) mass is 296 g/mol. The summed E-state index contributed by atoms with van der Waals surface area (Å²) in [6.07, 6.45) is 1.60. The van der Waals surface area contributed by atoms with Gasteiger partial charge in [0.05, 0.1) is 29.6 Å². The molecule has 6 heteroatoms. The van der Waals surface area contributed by atoms with Gasteiger partial charge < -0.3 is 0 Å². The van der Waals surface area contributed by atoms with Gasteiger partial charge >= 0.3 is 0 Å². The molecule has 0 bridgehead atoms. The number of rotatable bonds is 2. The summed E-state index contributed by atoms with van der Waals surface area (Å²) in [4.78, 5) is 16.8. The van der Waals surface area contributed by atoms with E-state index in [1.54, 1.807) is 10.9 Å². The van der Waals surface area contributed by atoms with Gasteiger partial charge in [-0.2, -0.15) is 5.10 Å². The minimum absolute atomic E-state index is 0.00951. The number of benzene rings is 1. The van der Waals surface area contributed by atoms with E-state index in [2.05, 4.69) is 10.1 Å². The van der Waals surface area contributed by atoms with Crippen LogP contribution in [0.4, 0.5) is 0 Å². The maximum atomic E-state index is 12.4. The summed E-state index contributed by atoms with van der Waals surface area (Å²) in [6.45, 7) is 0.432. The number of aromatic nitrogens is 4. The Morgan fingerprint density at radius 1 is 1.24 bits per heavy atom. The molecule has 0 spiro atoms. The van der Waals surface area contributed by atoms with E-state index in [1.807, 2.05) is 47.4 Å². The van der Waals surface area contributed by atoms with Crippen molar-refractivity contribution in [2.45, 2.75) is 6.54 Å². The van der Waals surface area contributed by atoms with Crippen molar-refractivity contribution in [2.24, 2.45) is 7.05 Å². The molecule has 3 heterocycles. The summed E-state index contributed by atoms with van der Waals surface area (Å²) in [5.74, 6) is 0. The molecule has 0 atom stereocenters. The van der Waals surface area contributed by atoms with Crippen LogP contribution < -0.4 is 5.56 Å². The summed E-state index contributed by atoms with van der Waals surface area (Å²) in [5, 5.41) is 7.48. The average Bonchev–Trinajstić information content (AvgIpc) is 3.09. The molecule has 0 aliphatic heterocycles. The van der Waals surface area contributed by atoms with E-state index in [0.717, 1.165) is 22.1 Å². The molecule has 0 N–H and O–H groups in total. The first-order valence-corrected chi connectivity index (χ1v) is 7.45. The zero-order chi connectivity index (χ0) is 14.4. The fourth-order valence-electron chi connectivity index (χ4n) is 2.56. The molecule has 4 aromatic rings. The SMILES string of the molecule is Cn1nc(Cn2cnc3ccsc3c2=O)c2ccccc21. The van der Waals surface area contributed by atoms with Crippen molar-refractivity contribution >= 4 is 32.5 Å². The Balaban J connectivity index is 1.86. The molecule has 104 valence electrons. The largest absolute Gasteiger partial charge is 0.292 e. The number of aryl methyl sites for hydroxylation is 1. The Kier molecular flexibility index (Phi) is 2.65. The predicted molar refractivity (Wildman–Crippen MR) is 83.7 cm³/mol. The number of hydrogen-bond donors (Lipinski definition) is 0. The number of hydrogen-bond acceptors (Lipinski definition) is 4. The van der Waals surface area contributed by atoms with E-state index in [1.165, 1.54) is 11.3 Å². The van der Waals surface area contributed by atoms with Crippen molar-refractivity contribution in [1.29, 1.82) is 0 Å². The first kappa shape index (κ1) is 12.3. The zero-order valence-corrected chi connectivity index (χ0v) is 12.2. The van der Waals surface area contributed by atoms with E-state index < -0.39 is 0 Å². The third kappa shape index (κ3) is 1.87. The topological polar surface area (TPSA) is 52.7 Å². The molecule has 0 aliphatic rings. The third-order valence-electron chi connectivity index (χ3n) is 3.59. The number of fused-ring (bicyclic) bond motifs is 2. The molecule has 0 radical (unpaired) electrons. The van der Waals surface area contributed by atoms with Gasteiger partial charge in [-0.05, 0) is 17.5 Å². The van der Waals surface area contributed by atoms with Crippen LogP contribution in [0.5, 0.6) is 0 Å². The normalized spacial score (nSPS) is 11.5. The van der Waals surface area contributed by atoms with Gasteiger partial charge in [-0.15, -0.1) is 11.3 Å². The van der Waals surface area contributed by atoms with Gasteiger partial charge in [0, 0.05) is 12.4 Å². The van der Waals surface area contributed by atoms with Crippen molar-refractivity contribution in [3.8, 4) is 0 Å². The van der Waals surface area contributed by atoms with Gasteiger partial charge in [-0.3, -0.25) is 14.0 Å². The Bertz CT molecular complexity index is 1010. The van der Waals surface area contributed by atoms with E-state index >= 15 is 0 Å². The number of nitrogens with zero attached hydrogens (tertiary/aromatic N) is 4. The van der Waals surface area contributed by atoms with E-state index in [-0.39, 0.29) is 5.56 Å². The Labute approximate surface area is 124 Å². The van der Waals surface area contributed by atoms with E-state index in [9.17, 15) is 4.79 Å². The standard InChI is InChI=1S/C15H12N4OS/c1-18-13-5-3-2-4-10(13)12(17-18)8-19-9-16-11-6-7-21-14(11)15(19)20/h2-7,9H,8H2,1H3. The number of para-hydroxylation sites is 1. The molecule has 0 unspecified atom stereocenters. The first-order chi connectivity index (χ1) is 10.2. The van der Waals surface area contributed by atoms with Crippen LogP contribution in [0.3, 0.4) is 0 Å². The lowest BCUT2D eigenvalue weighted by Gasteiger charge is -2.03. The second-order valence-corrected chi connectivity index (χ2v) is 5.82. The van der Waals surface area contributed by atoms with Crippen LogP contribution in [0.2, 0.25) is 0 Å². The molecule has 0 fully saturated rings. The lowest BCUT2D eigenvalue weighted by Crippen LogP contribution is -2.20. The summed E-state index contributed by atoms with van der Waals surface area (Å²) < 4.78 is 4.15. The van der Waals surface area contributed by atoms with Crippen LogP contribution in [-0.2, 0) is 13.6 Å². The second kappa shape index (κ2) is 4.53. The van der Waals surface area contributed by atoms with Crippen LogP contribution in [0.1, 0.15) is 5.69 Å².